The number of fused-ring (bicyclic) bond motifs is 1. The highest BCUT2D eigenvalue weighted by Crippen LogP contribution is 2.20. The number of hydrogen-bond donors (Lipinski definition) is 2. The first-order valence-electron chi connectivity index (χ1n) is 9.99. The van der Waals surface area contributed by atoms with Crippen molar-refractivity contribution in [3.63, 3.8) is 0 Å². The van der Waals surface area contributed by atoms with E-state index in [1.54, 1.807) is 18.7 Å². The Kier molecular flexibility index (Phi) is 5.08. The molecule has 29 heavy (non-hydrogen) atoms. The standard InChI is InChI=1S/C21H26N6O2/c1-13(2)27-11-19(24-12-27)20(28)25-16-5-7-26(10-14(16)3)21(29)15-8-18-17(23-9-15)4-6-22-18/h4,6,8-9,11-14,16,22H,5,7,10H2,1-3H3,(H,25,28). The second-order valence-corrected chi connectivity index (χ2v) is 8.03. The van der Waals surface area contributed by atoms with Crippen LogP contribution in [0.1, 0.15) is 54.1 Å². The van der Waals surface area contributed by atoms with Crippen LogP contribution in [-0.2, 0) is 0 Å². The van der Waals surface area contributed by atoms with Crippen LogP contribution in [-0.4, -0.2) is 55.4 Å². The Morgan fingerprint density at radius 3 is 2.86 bits per heavy atom. The quantitative estimate of drug-likeness (QED) is 0.711. The summed E-state index contributed by atoms with van der Waals surface area (Å²) in [6.45, 7) is 7.33. The summed E-state index contributed by atoms with van der Waals surface area (Å²) in [6, 6.07) is 4.00. The van der Waals surface area contributed by atoms with Gasteiger partial charge < -0.3 is 19.8 Å². The van der Waals surface area contributed by atoms with Crippen molar-refractivity contribution in [2.24, 2.45) is 5.92 Å². The lowest BCUT2D eigenvalue weighted by Crippen LogP contribution is -2.51. The van der Waals surface area contributed by atoms with E-state index in [-0.39, 0.29) is 29.8 Å². The summed E-state index contributed by atoms with van der Waals surface area (Å²) in [4.78, 5) is 38.9. The largest absolute Gasteiger partial charge is 0.360 e. The number of amides is 2. The average Bonchev–Trinajstić information content (AvgIpc) is 3.38. The van der Waals surface area contributed by atoms with Crippen LogP contribution in [0.2, 0.25) is 0 Å². The number of hydrogen-bond acceptors (Lipinski definition) is 4. The van der Waals surface area contributed by atoms with E-state index in [4.69, 9.17) is 0 Å². The lowest BCUT2D eigenvalue weighted by Gasteiger charge is -2.37. The van der Waals surface area contributed by atoms with Crippen molar-refractivity contribution in [1.29, 1.82) is 0 Å². The summed E-state index contributed by atoms with van der Waals surface area (Å²) in [5.74, 6) is -0.0465. The van der Waals surface area contributed by atoms with Gasteiger partial charge in [0.25, 0.3) is 11.8 Å². The van der Waals surface area contributed by atoms with Crippen molar-refractivity contribution in [3.8, 4) is 0 Å². The van der Waals surface area contributed by atoms with Crippen LogP contribution in [0, 0.1) is 5.92 Å². The van der Waals surface area contributed by atoms with E-state index in [1.165, 1.54) is 0 Å². The van der Waals surface area contributed by atoms with Crippen LogP contribution in [0.3, 0.4) is 0 Å². The molecule has 2 N–H and O–H groups in total. The molecule has 0 radical (unpaired) electrons. The topological polar surface area (TPSA) is 95.9 Å². The molecule has 1 saturated heterocycles. The molecule has 8 heteroatoms. The Labute approximate surface area is 169 Å². The minimum atomic E-state index is -0.164. The van der Waals surface area contributed by atoms with Crippen LogP contribution in [0.25, 0.3) is 11.0 Å². The number of carbonyl (C=O) groups excluding carboxylic acids is 2. The summed E-state index contributed by atoms with van der Waals surface area (Å²) < 4.78 is 1.91. The fourth-order valence-electron chi connectivity index (χ4n) is 3.76. The number of aromatic nitrogens is 4. The van der Waals surface area contributed by atoms with Crippen LogP contribution >= 0.6 is 0 Å². The number of carbonyl (C=O) groups is 2. The van der Waals surface area contributed by atoms with E-state index in [0.29, 0.717) is 30.8 Å². The smallest absolute Gasteiger partial charge is 0.271 e. The molecule has 0 aliphatic carbocycles. The van der Waals surface area contributed by atoms with Crippen molar-refractivity contribution in [2.75, 3.05) is 13.1 Å². The molecular formula is C21H26N6O2. The van der Waals surface area contributed by atoms with E-state index in [2.05, 4.69) is 27.2 Å². The second kappa shape index (κ2) is 7.69. The average molecular weight is 394 g/mol. The van der Waals surface area contributed by atoms with Crippen LogP contribution < -0.4 is 5.32 Å². The number of imidazole rings is 1. The first-order valence-corrected chi connectivity index (χ1v) is 9.99. The lowest BCUT2D eigenvalue weighted by molar-refractivity contribution is 0.0632. The maximum atomic E-state index is 12.9. The molecule has 4 heterocycles. The lowest BCUT2D eigenvalue weighted by atomic mass is 9.93. The highest BCUT2D eigenvalue weighted by molar-refractivity contribution is 5.97. The molecule has 1 aliphatic heterocycles. The fourth-order valence-corrected chi connectivity index (χ4v) is 3.76. The van der Waals surface area contributed by atoms with Gasteiger partial charge in [0.15, 0.2) is 0 Å². The van der Waals surface area contributed by atoms with Gasteiger partial charge in [-0.05, 0) is 38.3 Å². The molecule has 0 saturated carbocycles. The molecule has 2 atom stereocenters. The van der Waals surface area contributed by atoms with Gasteiger partial charge in [0.2, 0.25) is 0 Å². The van der Waals surface area contributed by atoms with Crippen molar-refractivity contribution in [3.05, 3.63) is 48.3 Å². The predicted molar refractivity (Wildman–Crippen MR) is 110 cm³/mol. The Bertz CT molecular complexity index is 1040. The highest BCUT2D eigenvalue weighted by atomic mass is 16.2. The molecule has 3 aromatic heterocycles. The van der Waals surface area contributed by atoms with Gasteiger partial charge in [0, 0.05) is 43.8 Å². The van der Waals surface area contributed by atoms with Crippen LogP contribution in [0.5, 0.6) is 0 Å². The third kappa shape index (κ3) is 3.87. The third-order valence-corrected chi connectivity index (χ3v) is 5.58. The number of nitrogens with zero attached hydrogens (tertiary/aromatic N) is 4. The summed E-state index contributed by atoms with van der Waals surface area (Å²) >= 11 is 0. The van der Waals surface area contributed by atoms with Gasteiger partial charge in [0.1, 0.15) is 5.69 Å². The molecule has 8 nitrogen and oxygen atoms in total. The maximum Gasteiger partial charge on any atom is 0.271 e. The number of H-pyrrole nitrogens is 1. The molecule has 3 aromatic rings. The molecule has 4 rings (SSSR count). The van der Waals surface area contributed by atoms with Gasteiger partial charge in [-0.3, -0.25) is 14.6 Å². The minimum absolute atomic E-state index is 0.0137. The molecular weight excluding hydrogens is 368 g/mol. The summed E-state index contributed by atoms with van der Waals surface area (Å²) in [5, 5.41) is 3.09. The number of piperidine rings is 1. The van der Waals surface area contributed by atoms with Gasteiger partial charge in [-0.15, -0.1) is 0 Å². The first-order chi connectivity index (χ1) is 13.9. The zero-order valence-corrected chi connectivity index (χ0v) is 16.9. The normalized spacial score (nSPS) is 19.7. The summed E-state index contributed by atoms with van der Waals surface area (Å²) in [5.41, 5.74) is 2.70. The fraction of sp³-hybridized carbons (Fsp3) is 0.429. The molecule has 0 spiro atoms. The SMILES string of the molecule is CC1CN(C(=O)c2cnc3cc[nH]c3c2)CCC1NC(=O)c1cn(C(C)C)cn1. The van der Waals surface area contributed by atoms with Crippen molar-refractivity contribution < 1.29 is 9.59 Å². The van der Waals surface area contributed by atoms with Gasteiger partial charge >= 0.3 is 0 Å². The third-order valence-electron chi connectivity index (χ3n) is 5.58. The Balaban J connectivity index is 1.38. The zero-order valence-electron chi connectivity index (χ0n) is 16.9. The van der Waals surface area contributed by atoms with Crippen LogP contribution in [0.4, 0.5) is 0 Å². The van der Waals surface area contributed by atoms with Gasteiger partial charge in [-0.2, -0.15) is 0 Å². The van der Waals surface area contributed by atoms with Crippen molar-refractivity contribution >= 4 is 22.8 Å². The van der Waals surface area contributed by atoms with Crippen LogP contribution in [0.15, 0.2) is 37.1 Å². The monoisotopic (exact) mass is 394 g/mol. The number of likely N-dealkylation sites (tertiary alicyclic amines) is 1. The molecule has 152 valence electrons. The van der Waals surface area contributed by atoms with Gasteiger partial charge in [-0.1, -0.05) is 6.92 Å². The minimum Gasteiger partial charge on any atom is -0.360 e. The number of pyridine rings is 1. The highest BCUT2D eigenvalue weighted by Gasteiger charge is 2.31. The second-order valence-electron chi connectivity index (χ2n) is 8.03. The Morgan fingerprint density at radius 1 is 1.31 bits per heavy atom. The van der Waals surface area contributed by atoms with E-state index in [1.807, 2.05) is 41.6 Å². The molecule has 0 aromatic carbocycles. The number of nitrogens with one attached hydrogen (secondary N) is 2. The van der Waals surface area contributed by atoms with E-state index >= 15 is 0 Å². The van der Waals surface area contributed by atoms with Crippen molar-refractivity contribution in [2.45, 2.75) is 39.3 Å². The molecule has 1 aliphatic rings. The summed E-state index contributed by atoms with van der Waals surface area (Å²) in [6.07, 6.45) is 7.60. The molecule has 2 unspecified atom stereocenters. The van der Waals surface area contributed by atoms with Crippen molar-refractivity contribution in [1.82, 2.24) is 29.7 Å². The first kappa shape index (κ1) is 19.2. The maximum absolute atomic E-state index is 12.9. The number of aromatic amines is 1. The number of rotatable bonds is 4. The molecule has 2 amide bonds. The predicted octanol–water partition coefficient (Wildman–Crippen LogP) is 2.62. The Hall–Kier alpha value is -3.16. The van der Waals surface area contributed by atoms with E-state index in [9.17, 15) is 9.59 Å². The van der Waals surface area contributed by atoms with E-state index < -0.39 is 0 Å². The van der Waals surface area contributed by atoms with Gasteiger partial charge in [-0.25, -0.2) is 4.98 Å². The molecule has 1 fully saturated rings. The summed E-state index contributed by atoms with van der Waals surface area (Å²) in [7, 11) is 0. The molecule has 0 bridgehead atoms. The Morgan fingerprint density at radius 2 is 2.14 bits per heavy atom. The van der Waals surface area contributed by atoms with Gasteiger partial charge in [0.05, 0.1) is 22.9 Å². The zero-order chi connectivity index (χ0) is 20.5. The van der Waals surface area contributed by atoms with E-state index in [0.717, 1.165) is 11.0 Å².